The third-order valence-electron chi connectivity index (χ3n) is 2.78. The number of nitrogens with one attached hydrogen (secondary N) is 1. The van der Waals surface area contributed by atoms with E-state index in [1.54, 1.807) is 23.1 Å². The second-order valence-corrected chi connectivity index (χ2v) is 5.96. The Kier molecular flexibility index (Phi) is 3.89. The molecular formula is C11H15NO2S2. The fourth-order valence-corrected chi connectivity index (χ4v) is 3.51. The van der Waals surface area contributed by atoms with E-state index in [9.17, 15) is 9.90 Å². The van der Waals surface area contributed by atoms with Crippen LogP contribution in [-0.4, -0.2) is 28.1 Å². The Morgan fingerprint density at radius 3 is 2.88 bits per heavy atom. The Hall–Kier alpha value is -0.520. The van der Waals surface area contributed by atoms with E-state index in [-0.39, 0.29) is 5.91 Å². The van der Waals surface area contributed by atoms with E-state index in [0.29, 0.717) is 19.4 Å². The number of hydrogen-bond acceptors (Lipinski definition) is 4. The van der Waals surface area contributed by atoms with Crippen LogP contribution in [0, 0.1) is 0 Å². The molecule has 0 aliphatic carbocycles. The second kappa shape index (κ2) is 5.21. The van der Waals surface area contributed by atoms with Crippen molar-refractivity contribution in [1.29, 1.82) is 0 Å². The predicted molar refractivity (Wildman–Crippen MR) is 67.7 cm³/mol. The van der Waals surface area contributed by atoms with Crippen LogP contribution in [0.4, 0.5) is 0 Å². The first-order valence-corrected chi connectivity index (χ1v) is 7.40. The molecule has 0 bridgehead atoms. The molecule has 1 saturated heterocycles. The molecule has 1 amide bonds. The van der Waals surface area contributed by atoms with Gasteiger partial charge in [-0.15, -0.1) is 0 Å². The molecule has 0 saturated carbocycles. The molecule has 2 N–H and O–H groups in total. The first-order chi connectivity index (χ1) is 7.71. The van der Waals surface area contributed by atoms with Gasteiger partial charge in [-0.25, -0.2) is 0 Å². The van der Waals surface area contributed by atoms with Crippen molar-refractivity contribution < 1.29 is 9.90 Å². The van der Waals surface area contributed by atoms with Gasteiger partial charge in [-0.3, -0.25) is 4.79 Å². The van der Waals surface area contributed by atoms with Gasteiger partial charge in [0.2, 0.25) is 0 Å². The summed E-state index contributed by atoms with van der Waals surface area (Å²) in [6.45, 7) is 0.512. The maximum Gasteiger partial charge on any atom is 0.252 e. The third kappa shape index (κ3) is 2.78. The molecule has 1 aliphatic rings. The summed E-state index contributed by atoms with van der Waals surface area (Å²) in [6, 6.07) is 1.98. The SMILES string of the molecule is O=C(NCc1ccsc1)C1(O)CCSCC1. The molecule has 1 fully saturated rings. The number of carbonyl (C=O) groups is 1. The van der Waals surface area contributed by atoms with Gasteiger partial charge in [-0.1, -0.05) is 0 Å². The predicted octanol–water partition coefficient (Wildman–Crippen LogP) is 1.62. The topological polar surface area (TPSA) is 49.3 Å². The summed E-state index contributed by atoms with van der Waals surface area (Å²) in [5, 5.41) is 16.9. The van der Waals surface area contributed by atoms with E-state index in [2.05, 4.69) is 5.32 Å². The summed E-state index contributed by atoms with van der Waals surface area (Å²) in [4.78, 5) is 11.8. The van der Waals surface area contributed by atoms with Gasteiger partial charge in [0, 0.05) is 6.54 Å². The number of hydrogen-bond donors (Lipinski definition) is 2. The Morgan fingerprint density at radius 2 is 2.25 bits per heavy atom. The largest absolute Gasteiger partial charge is 0.380 e. The van der Waals surface area contributed by atoms with Gasteiger partial charge in [0.05, 0.1) is 0 Å². The maximum absolute atomic E-state index is 11.8. The van der Waals surface area contributed by atoms with Crippen molar-refractivity contribution in [3.8, 4) is 0 Å². The van der Waals surface area contributed by atoms with Crippen molar-refractivity contribution >= 4 is 29.0 Å². The highest BCUT2D eigenvalue weighted by Crippen LogP contribution is 2.27. The van der Waals surface area contributed by atoms with Crippen LogP contribution in [0.1, 0.15) is 18.4 Å². The molecule has 1 aromatic rings. The van der Waals surface area contributed by atoms with Gasteiger partial charge < -0.3 is 10.4 Å². The number of amides is 1. The van der Waals surface area contributed by atoms with Gasteiger partial charge in [0.25, 0.3) is 5.91 Å². The van der Waals surface area contributed by atoms with Crippen molar-refractivity contribution in [2.24, 2.45) is 0 Å². The van der Waals surface area contributed by atoms with Crippen LogP contribution in [0.3, 0.4) is 0 Å². The maximum atomic E-state index is 11.8. The lowest BCUT2D eigenvalue weighted by molar-refractivity contribution is -0.140. The first kappa shape index (κ1) is 12.0. The Balaban J connectivity index is 1.87. The highest BCUT2D eigenvalue weighted by Gasteiger charge is 2.36. The number of thiophene rings is 1. The van der Waals surface area contributed by atoms with Crippen LogP contribution in [0.5, 0.6) is 0 Å². The summed E-state index contributed by atoms with van der Waals surface area (Å²) in [7, 11) is 0. The van der Waals surface area contributed by atoms with Crippen LogP contribution in [0.25, 0.3) is 0 Å². The summed E-state index contributed by atoms with van der Waals surface area (Å²) in [5.74, 6) is 1.50. The molecule has 3 nitrogen and oxygen atoms in total. The lowest BCUT2D eigenvalue weighted by Crippen LogP contribution is -2.48. The normalized spacial score (nSPS) is 19.3. The van der Waals surface area contributed by atoms with E-state index in [1.165, 1.54) is 0 Å². The van der Waals surface area contributed by atoms with Crippen molar-refractivity contribution in [2.45, 2.75) is 25.0 Å². The zero-order chi connectivity index (χ0) is 11.4. The van der Waals surface area contributed by atoms with Crippen LogP contribution in [-0.2, 0) is 11.3 Å². The van der Waals surface area contributed by atoms with Gasteiger partial charge in [-0.2, -0.15) is 23.1 Å². The van der Waals surface area contributed by atoms with Crippen molar-refractivity contribution in [3.63, 3.8) is 0 Å². The quantitative estimate of drug-likeness (QED) is 0.865. The van der Waals surface area contributed by atoms with Gasteiger partial charge in [0.1, 0.15) is 5.60 Å². The summed E-state index contributed by atoms with van der Waals surface area (Å²) < 4.78 is 0. The standard InChI is InChI=1S/C11H15NO2S2/c13-10(11(14)2-5-15-6-3-11)12-7-9-1-4-16-8-9/h1,4,8,14H,2-3,5-7H2,(H,12,13). The molecule has 2 heterocycles. The van der Waals surface area contributed by atoms with E-state index in [4.69, 9.17) is 0 Å². The molecule has 0 unspecified atom stereocenters. The Bertz CT molecular complexity index is 345. The molecule has 16 heavy (non-hydrogen) atoms. The number of thioether (sulfide) groups is 1. The number of carbonyl (C=O) groups excluding carboxylic acids is 1. The highest BCUT2D eigenvalue weighted by atomic mass is 32.2. The summed E-state index contributed by atoms with van der Waals surface area (Å²) in [6.07, 6.45) is 1.13. The highest BCUT2D eigenvalue weighted by molar-refractivity contribution is 7.99. The minimum absolute atomic E-state index is 0.223. The zero-order valence-electron chi connectivity index (χ0n) is 8.94. The average molecular weight is 257 g/mol. The van der Waals surface area contributed by atoms with E-state index in [1.807, 2.05) is 16.8 Å². The molecule has 0 spiro atoms. The third-order valence-corrected chi connectivity index (χ3v) is 4.49. The Labute approximate surface area is 103 Å². The fraction of sp³-hybridized carbons (Fsp3) is 0.545. The molecule has 5 heteroatoms. The minimum Gasteiger partial charge on any atom is -0.380 e. The van der Waals surface area contributed by atoms with Gasteiger partial charge in [0.15, 0.2) is 0 Å². The van der Waals surface area contributed by atoms with Crippen molar-refractivity contribution in [2.75, 3.05) is 11.5 Å². The van der Waals surface area contributed by atoms with Crippen LogP contribution in [0.2, 0.25) is 0 Å². The second-order valence-electron chi connectivity index (χ2n) is 3.96. The molecule has 1 aliphatic heterocycles. The lowest BCUT2D eigenvalue weighted by Gasteiger charge is -2.30. The monoisotopic (exact) mass is 257 g/mol. The van der Waals surface area contributed by atoms with E-state index >= 15 is 0 Å². The van der Waals surface area contributed by atoms with Crippen molar-refractivity contribution in [3.05, 3.63) is 22.4 Å². The first-order valence-electron chi connectivity index (χ1n) is 5.30. The molecule has 88 valence electrons. The van der Waals surface area contributed by atoms with E-state index in [0.717, 1.165) is 17.1 Å². The molecule has 0 atom stereocenters. The van der Waals surface area contributed by atoms with Crippen LogP contribution < -0.4 is 5.32 Å². The van der Waals surface area contributed by atoms with E-state index < -0.39 is 5.60 Å². The summed E-state index contributed by atoms with van der Waals surface area (Å²) in [5.41, 5.74) is -0.0477. The fourth-order valence-electron chi connectivity index (χ4n) is 1.68. The molecule has 0 radical (unpaired) electrons. The lowest BCUT2D eigenvalue weighted by atomic mass is 9.96. The van der Waals surface area contributed by atoms with Crippen molar-refractivity contribution in [1.82, 2.24) is 5.32 Å². The van der Waals surface area contributed by atoms with Crippen LogP contribution in [0.15, 0.2) is 16.8 Å². The average Bonchev–Trinajstić information content (AvgIpc) is 2.79. The zero-order valence-corrected chi connectivity index (χ0v) is 10.6. The molecular weight excluding hydrogens is 242 g/mol. The Morgan fingerprint density at radius 1 is 1.50 bits per heavy atom. The minimum atomic E-state index is -1.14. The smallest absolute Gasteiger partial charge is 0.252 e. The summed E-state index contributed by atoms with van der Waals surface area (Å²) >= 11 is 3.40. The van der Waals surface area contributed by atoms with Gasteiger partial charge in [-0.05, 0) is 46.7 Å². The number of rotatable bonds is 3. The molecule has 2 rings (SSSR count). The number of aliphatic hydroxyl groups is 1. The van der Waals surface area contributed by atoms with Gasteiger partial charge >= 0.3 is 0 Å². The molecule has 1 aromatic heterocycles. The molecule has 0 aromatic carbocycles. The van der Waals surface area contributed by atoms with Crippen LogP contribution >= 0.6 is 23.1 Å².